The third kappa shape index (κ3) is 3.39. The largest absolute Gasteiger partial charge is 0.490 e. The molecule has 1 aliphatic carbocycles. The predicted octanol–water partition coefficient (Wildman–Crippen LogP) is 2.36. The van der Waals surface area contributed by atoms with Crippen molar-refractivity contribution in [3.8, 4) is 5.75 Å². The fraction of sp³-hybridized carbons (Fsp3) is 0.647. The number of para-hydroxylation sites is 1. The van der Waals surface area contributed by atoms with Gasteiger partial charge in [-0.1, -0.05) is 32.0 Å². The molecule has 1 aromatic carbocycles. The van der Waals surface area contributed by atoms with E-state index < -0.39 is 10.2 Å². The van der Waals surface area contributed by atoms with Crippen molar-refractivity contribution in [1.82, 2.24) is 8.61 Å². The Hall–Kier alpha value is -1.11. The summed E-state index contributed by atoms with van der Waals surface area (Å²) < 4.78 is 34.5. The molecule has 2 fully saturated rings. The molecule has 0 spiro atoms. The number of nitrogens with zero attached hydrogens (tertiary/aromatic N) is 2. The SMILES string of the molecule is CCN(CC)S(=O)(=O)N1C[C@H]2CC(Oc3ccccc3)C[C@H]2C1. The van der Waals surface area contributed by atoms with Crippen molar-refractivity contribution in [2.45, 2.75) is 32.8 Å². The average Bonchev–Trinajstić information content (AvgIpc) is 3.08. The van der Waals surface area contributed by atoms with Crippen molar-refractivity contribution in [3.05, 3.63) is 30.3 Å². The Balaban J connectivity index is 1.59. The second-order valence-corrected chi connectivity index (χ2v) is 8.38. The average molecular weight is 338 g/mol. The van der Waals surface area contributed by atoms with E-state index in [9.17, 15) is 8.42 Å². The van der Waals surface area contributed by atoms with E-state index in [2.05, 4.69) is 0 Å². The van der Waals surface area contributed by atoms with Gasteiger partial charge in [-0.25, -0.2) is 0 Å². The molecule has 128 valence electrons. The van der Waals surface area contributed by atoms with Crippen LogP contribution in [0.15, 0.2) is 30.3 Å². The molecule has 23 heavy (non-hydrogen) atoms. The summed E-state index contributed by atoms with van der Waals surface area (Å²) in [6.07, 6.45) is 2.11. The number of benzene rings is 1. The van der Waals surface area contributed by atoms with E-state index in [-0.39, 0.29) is 6.10 Å². The molecule has 5 nitrogen and oxygen atoms in total. The quantitative estimate of drug-likeness (QED) is 0.800. The number of hydrogen-bond donors (Lipinski definition) is 0. The van der Waals surface area contributed by atoms with Gasteiger partial charge in [0.1, 0.15) is 5.75 Å². The molecular weight excluding hydrogens is 312 g/mol. The first-order valence-electron chi connectivity index (χ1n) is 8.51. The monoisotopic (exact) mass is 338 g/mol. The van der Waals surface area contributed by atoms with Gasteiger partial charge in [-0.3, -0.25) is 0 Å². The lowest BCUT2D eigenvalue weighted by Crippen LogP contribution is -2.43. The van der Waals surface area contributed by atoms with E-state index in [1.807, 2.05) is 44.2 Å². The molecule has 1 unspecified atom stereocenters. The molecule has 0 amide bonds. The predicted molar refractivity (Wildman–Crippen MR) is 90.5 cm³/mol. The minimum Gasteiger partial charge on any atom is -0.490 e. The van der Waals surface area contributed by atoms with Crippen molar-refractivity contribution in [3.63, 3.8) is 0 Å². The molecule has 6 heteroatoms. The third-order valence-corrected chi connectivity index (χ3v) is 7.20. The van der Waals surface area contributed by atoms with Crippen LogP contribution in [0.2, 0.25) is 0 Å². The van der Waals surface area contributed by atoms with E-state index in [0.29, 0.717) is 38.0 Å². The molecular formula is C17H26N2O3S. The molecule has 0 aromatic heterocycles. The zero-order valence-corrected chi connectivity index (χ0v) is 14.7. The van der Waals surface area contributed by atoms with E-state index in [1.165, 1.54) is 0 Å². The minimum absolute atomic E-state index is 0.214. The molecule has 2 aliphatic rings. The van der Waals surface area contributed by atoms with Crippen LogP contribution in [0.4, 0.5) is 0 Å². The van der Waals surface area contributed by atoms with E-state index >= 15 is 0 Å². The van der Waals surface area contributed by atoms with Crippen LogP contribution in [0.5, 0.6) is 5.75 Å². The van der Waals surface area contributed by atoms with Crippen molar-refractivity contribution >= 4 is 10.2 Å². The molecule has 1 saturated heterocycles. The number of rotatable bonds is 6. The van der Waals surface area contributed by atoms with Gasteiger partial charge in [-0.05, 0) is 36.8 Å². The smallest absolute Gasteiger partial charge is 0.281 e. The van der Waals surface area contributed by atoms with Crippen LogP contribution >= 0.6 is 0 Å². The lowest BCUT2D eigenvalue weighted by Gasteiger charge is -2.26. The van der Waals surface area contributed by atoms with Crippen LogP contribution < -0.4 is 4.74 Å². The van der Waals surface area contributed by atoms with Crippen molar-refractivity contribution in [1.29, 1.82) is 0 Å². The van der Waals surface area contributed by atoms with Gasteiger partial charge >= 0.3 is 0 Å². The fourth-order valence-electron chi connectivity index (χ4n) is 3.89. The standard InChI is InChI=1S/C17H26N2O3S/c1-3-18(4-2)23(20,21)19-12-14-10-17(11-15(14)13-19)22-16-8-6-5-7-9-16/h5-9,14-15,17H,3-4,10-13H2,1-2H3/t14-,15+,17?. The van der Waals surface area contributed by atoms with Crippen LogP contribution in [0.3, 0.4) is 0 Å². The minimum atomic E-state index is -3.29. The normalized spacial score (nSPS) is 28.2. The van der Waals surface area contributed by atoms with Crippen molar-refractivity contribution in [2.24, 2.45) is 11.8 Å². The van der Waals surface area contributed by atoms with Crippen LogP contribution in [0, 0.1) is 11.8 Å². The Morgan fingerprint density at radius 1 is 1.09 bits per heavy atom. The molecule has 1 saturated carbocycles. The summed E-state index contributed by atoms with van der Waals surface area (Å²) in [5.74, 6) is 1.76. The lowest BCUT2D eigenvalue weighted by molar-refractivity contribution is 0.194. The maximum absolute atomic E-state index is 12.6. The van der Waals surface area contributed by atoms with Gasteiger partial charge in [0.25, 0.3) is 10.2 Å². The zero-order valence-electron chi connectivity index (χ0n) is 13.9. The molecule has 0 N–H and O–H groups in total. The maximum atomic E-state index is 12.6. The Morgan fingerprint density at radius 3 is 2.17 bits per heavy atom. The van der Waals surface area contributed by atoms with Gasteiger partial charge in [0.15, 0.2) is 0 Å². The summed E-state index contributed by atoms with van der Waals surface area (Å²) in [5.41, 5.74) is 0. The van der Waals surface area contributed by atoms with E-state index in [4.69, 9.17) is 4.74 Å². The Bertz CT molecular complexity index is 602. The highest BCUT2D eigenvalue weighted by molar-refractivity contribution is 7.86. The Labute approximate surface area is 139 Å². The highest BCUT2D eigenvalue weighted by Gasteiger charge is 2.46. The Kier molecular flexibility index (Phi) is 4.94. The molecule has 0 radical (unpaired) electrons. The van der Waals surface area contributed by atoms with E-state index in [0.717, 1.165) is 18.6 Å². The summed E-state index contributed by atoms with van der Waals surface area (Å²) in [6, 6.07) is 9.88. The Morgan fingerprint density at radius 2 is 1.65 bits per heavy atom. The third-order valence-electron chi connectivity index (χ3n) is 5.08. The number of hydrogen-bond acceptors (Lipinski definition) is 3. The van der Waals surface area contributed by atoms with Gasteiger partial charge < -0.3 is 4.74 Å². The molecule has 0 bridgehead atoms. The van der Waals surface area contributed by atoms with Gasteiger partial charge in [0.05, 0.1) is 6.10 Å². The first kappa shape index (κ1) is 16.7. The first-order chi connectivity index (χ1) is 11.0. The molecule has 1 aliphatic heterocycles. The highest BCUT2D eigenvalue weighted by Crippen LogP contribution is 2.40. The number of fused-ring (bicyclic) bond motifs is 1. The lowest BCUT2D eigenvalue weighted by atomic mass is 10.0. The summed E-state index contributed by atoms with van der Waals surface area (Å²) in [5, 5.41) is 0. The molecule has 3 atom stereocenters. The fourth-order valence-corrected chi connectivity index (χ4v) is 5.63. The summed E-state index contributed by atoms with van der Waals surface area (Å²) in [7, 11) is -3.29. The summed E-state index contributed by atoms with van der Waals surface area (Å²) in [6.45, 7) is 6.12. The second-order valence-electron chi connectivity index (χ2n) is 6.45. The summed E-state index contributed by atoms with van der Waals surface area (Å²) in [4.78, 5) is 0. The van der Waals surface area contributed by atoms with Crippen molar-refractivity contribution in [2.75, 3.05) is 26.2 Å². The highest BCUT2D eigenvalue weighted by atomic mass is 32.2. The van der Waals surface area contributed by atoms with Crippen LogP contribution in [0.1, 0.15) is 26.7 Å². The van der Waals surface area contributed by atoms with Crippen LogP contribution in [-0.4, -0.2) is 49.3 Å². The van der Waals surface area contributed by atoms with Gasteiger partial charge in [-0.15, -0.1) is 0 Å². The van der Waals surface area contributed by atoms with Crippen LogP contribution in [0.25, 0.3) is 0 Å². The second kappa shape index (κ2) is 6.79. The zero-order chi connectivity index (χ0) is 16.4. The van der Waals surface area contributed by atoms with Gasteiger partial charge in [0.2, 0.25) is 0 Å². The van der Waals surface area contributed by atoms with Crippen molar-refractivity contribution < 1.29 is 13.2 Å². The molecule has 3 rings (SSSR count). The summed E-state index contributed by atoms with van der Waals surface area (Å²) >= 11 is 0. The topological polar surface area (TPSA) is 49.9 Å². The molecule has 1 heterocycles. The van der Waals surface area contributed by atoms with Gasteiger partial charge in [0, 0.05) is 26.2 Å². The maximum Gasteiger partial charge on any atom is 0.281 e. The van der Waals surface area contributed by atoms with Crippen LogP contribution in [-0.2, 0) is 10.2 Å². The number of ether oxygens (including phenoxy) is 1. The van der Waals surface area contributed by atoms with E-state index in [1.54, 1.807) is 8.61 Å². The first-order valence-corrected chi connectivity index (χ1v) is 9.91. The molecule has 1 aromatic rings. The van der Waals surface area contributed by atoms with Gasteiger partial charge in [-0.2, -0.15) is 17.0 Å².